The Kier molecular flexibility index (Phi) is 12.4. The molecule has 3 rings (SSSR count). The molecule has 1 saturated heterocycles. The molecule has 0 aromatic heterocycles. The second-order valence-corrected chi connectivity index (χ2v) is 11.0. The minimum Gasteiger partial charge on any atom is -0.463 e. The first-order chi connectivity index (χ1) is 19.3. The third-order valence-electron chi connectivity index (χ3n) is 8.05. The van der Waals surface area contributed by atoms with Gasteiger partial charge in [-0.2, -0.15) is 0 Å². The van der Waals surface area contributed by atoms with Gasteiger partial charge in [-0.3, -0.25) is 14.4 Å². The van der Waals surface area contributed by atoms with Gasteiger partial charge in [0.25, 0.3) is 5.91 Å². The summed E-state index contributed by atoms with van der Waals surface area (Å²) in [4.78, 5) is 66.4. The lowest BCUT2D eigenvalue weighted by Crippen LogP contribution is -2.64. The van der Waals surface area contributed by atoms with Gasteiger partial charge in [-0.05, 0) is 51.9 Å². The molecule has 3 aliphatic rings. The molecule has 0 aromatic rings. The number of esters is 1. The second kappa shape index (κ2) is 15.7. The fourth-order valence-corrected chi connectivity index (χ4v) is 5.63. The van der Waals surface area contributed by atoms with Gasteiger partial charge in [0, 0.05) is 25.2 Å². The zero-order valence-corrected chi connectivity index (χ0v) is 24.1. The van der Waals surface area contributed by atoms with E-state index in [-0.39, 0.29) is 18.0 Å². The molecule has 11 heteroatoms. The van der Waals surface area contributed by atoms with Crippen LogP contribution in [0.5, 0.6) is 0 Å². The SMILES string of the molecule is CCCCC(NC(=O)C1(NC(=O)N2CCOCC2)CCCCC1)C(=O)C(=O)NC1CCC(=CC(=O)OCC)CC1. The lowest BCUT2D eigenvalue weighted by Gasteiger charge is -2.39. The summed E-state index contributed by atoms with van der Waals surface area (Å²) in [5.41, 5.74) is -0.139. The highest BCUT2D eigenvalue weighted by Crippen LogP contribution is 2.29. The maximum atomic E-state index is 13.7. The maximum absolute atomic E-state index is 13.7. The van der Waals surface area contributed by atoms with Crippen LogP contribution in [0.15, 0.2) is 11.6 Å². The summed E-state index contributed by atoms with van der Waals surface area (Å²) in [5, 5.41) is 8.69. The minimum atomic E-state index is -1.11. The number of allylic oxidation sites excluding steroid dienone is 1. The highest BCUT2D eigenvalue weighted by molar-refractivity contribution is 6.38. The lowest BCUT2D eigenvalue weighted by molar-refractivity contribution is -0.141. The molecule has 1 aliphatic heterocycles. The van der Waals surface area contributed by atoms with Crippen molar-refractivity contribution in [3.05, 3.63) is 11.6 Å². The van der Waals surface area contributed by atoms with Crippen LogP contribution in [0, 0.1) is 0 Å². The van der Waals surface area contributed by atoms with E-state index in [1.807, 2.05) is 6.92 Å². The first kappa shape index (κ1) is 31.6. The van der Waals surface area contributed by atoms with Crippen molar-refractivity contribution in [3.8, 4) is 0 Å². The number of ketones is 1. The third kappa shape index (κ3) is 9.04. The maximum Gasteiger partial charge on any atom is 0.330 e. The van der Waals surface area contributed by atoms with Gasteiger partial charge in [-0.1, -0.05) is 44.6 Å². The van der Waals surface area contributed by atoms with Crippen molar-refractivity contribution in [2.24, 2.45) is 0 Å². The number of Topliss-reactive ketones (excluding diaryl/α,β-unsaturated/α-hetero) is 1. The van der Waals surface area contributed by atoms with Crippen LogP contribution >= 0.6 is 0 Å². The van der Waals surface area contributed by atoms with Crippen molar-refractivity contribution in [1.29, 1.82) is 0 Å². The number of nitrogens with one attached hydrogen (secondary N) is 3. The molecule has 4 amide bonds. The number of morpholine rings is 1. The minimum absolute atomic E-state index is 0.184. The Hall–Kier alpha value is -2.95. The summed E-state index contributed by atoms with van der Waals surface area (Å²) in [5.74, 6) is -2.14. The van der Waals surface area contributed by atoms with Crippen LogP contribution in [-0.2, 0) is 28.7 Å². The topological polar surface area (TPSA) is 143 Å². The van der Waals surface area contributed by atoms with E-state index in [0.717, 1.165) is 31.3 Å². The van der Waals surface area contributed by atoms with Gasteiger partial charge in [0.15, 0.2) is 0 Å². The van der Waals surface area contributed by atoms with Crippen molar-refractivity contribution >= 4 is 29.6 Å². The predicted molar refractivity (Wildman–Crippen MR) is 148 cm³/mol. The zero-order valence-electron chi connectivity index (χ0n) is 24.1. The smallest absolute Gasteiger partial charge is 0.330 e. The number of unbranched alkanes of at least 4 members (excludes halogenated alkanes) is 1. The van der Waals surface area contributed by atoms with Crippen LogP contribution in [0.3, 0.4) is 0 Å². The Balaban J connectivity index is 1.62. The van der Waals surface area contributed by atoms with Crippen molar-refractivity contribution in [2.75, 3.05) is 32.9 Å². The number of carbonyl (C=O) groups excluding carboxylic acids is 5. The fourth-order valence-electron chi connectivity index (χ4n) is 5.63. The molecular formula is C29H46N4O7. The highest BCUT2D eigenvalue weighted by atomic mass is 16.5. The molecule has 0 bridgehead atoms. The average molecular weight is 563 g/mol. The van der Waals surface area contributed by atoms with Crippen LogP contribution in [-0.4, -0.2) is 85.0 Å². The van der Waals surface area contributed by atoms with Crippen molar-refractivity contribution in [3.63, 3.8) is 0 Å². The van der Waals surface area contributed by atoms with E-state index in [1.165, 1.54) is 6.08 Å². The van der Waals surface area contributed by atoms with E-state index in [0.29, 0.717) is 84.3 Å². The van der Waals surface area contributed by atoms with Crippen LogP contribution in [0.1, 0.15) is 90.9 Å². The summed E-state index contributed by atoms with van der Waals surface area (Å²) in [6, 6.07) is -1.45. The van der Waals surface area contributed by atoms with Gasteiger partial charge in [-0.25, -0.2) is 9.59 Å². The molecule has 2 aliphatic carbocycles. The number of ether oxygens (including phenoxy) is 2. The molecule has 1 heterocycles. The molecule has 0 aromatic carbocycles. The molecule has 0 spiro atoms. The van der Waals surface area contributed by atoms with Crippen molar-refractivity contribution < 1.29 is 33.4 Å². The molecule has 1 unspecified atom stereocenters. The van der Waals surface area contributed by atoms with Gasteiger partial charge in [-0.15, -0.1) is 0 Å². The zero-order chi connectivity index (χ0) is 29.0. The number of hydrogen-bond donors (Lipinski definition) is 3. The Labute approximate surface area is 237 Å². The molecule has 224 valence electrons. The van der Waals surface area contributed by atoms with Crippen LogP contribution in [0.4, 0.5) is 4.79 Å². The first-order valence-corrected chi connectivity index (χ1v) is 14.9. The van der Waals surface area contributed by atoms with Gasteiger partial charge in [0.1, 0.15) is 5.54 Å². The monoisotopic (exact) mass is 562 g/mol. The number of nitrogens with zero attached hydrogens (tertiary/aromatic N) is 1. The van der Waals surface area contributed by atoms with E-state index < -0.39 is 29.2 Å². The van der Waals surface area contributed by atoms with E-state index in [1.54, 1.807) is 11.8 Å². The molecule has 11 nitrogen and oxygen atoms in total. The van der Waals surface area contributed by atoms with E-state index in [4.69, 9.17) is 9.47 Å². The molecule has 2 saturated carbocycles. The van der Waals surface area contributed by atoms with Crippen molar-refractivity contribution in [2.45, 2.75) is 109 Å². The van der Waals surface area contributed by atoms with E-state index >= 15 is 0 Å². The number of rotatable bonds is 11. The quantitative estimate of drug-likeness (QED) is 0.199. The second-order valence-electron chi connectivity index (χ2n) is 11.0. The summed E-state index contributed by atoms with van der Waals surface area (Å²) < 4.78 is 10.3. The largest absolute Gasteiger partial charge is 0.463 e. The first-order valence-electron chi connectivity index (χ1n) is 14.9. The highest BCUT2D eigenvalue weighted by Gasteiger charge is 2.43. The Morgan fingerprint density at radius 3 is 2.35 bits per heavy atom. The summed E-state index contributed by atoms with van der Waals surface area (Å²) >= 11 is 0. The van der Waals surface area contributed by atoms with E-state index in [9.17, 15) is 24.0 Å². The molecule has 1 atom stereocenters. The summed E-state index contributed by atoms with van der Waals surface area (Å²) in [6.45, 7) is 5.90. The van der Waals surface area contributed by atoms with E-state index in [2.05, 4.69) is 16.0 Å². The lowest BCUT2D eigenvalue weighted by atomic mass is 9.80. The summed E-state index contributed by atoms with van der Waals surface area (Å²) in [6.07, 6.45) is 9.37. The number of amides is 4. The molecule has 3 fully saturated rings. The molecular weight excluding hydrogens is 516 g/mol. The van der Waals surface area contributed by atoms with Crippen LogP contribution in [0.25, 0.3) is 0 Å². The Morgan fingerprint density at radius 2 is 1.73 bits per heavy atom. The summed E-state index contributed by atoms with van der Waals surface area (Å²) in [7, 11) is 0. The van der Waals surface area contributed by atoms with Gasteiger partial charge in [0.2, 0.25) is 11.7 Å². The molecule has 40 heavy (non-hydrogen) atoms. The van der Waals surface area contributed by atoms with Gasteiger partial charge in [0.05, 0.1) is 25.9 Å². The van der Waals surface area contributed by atoms with Gasteiger partial charge < -0.3 is 30.3 Å². The van der Waals surface area contributed by atoms with Crippen molar-refractivity contribution in [1.82, 2.24) is 20.9 Å². The number of carbonyl (C=O) groups is 5. The Bertz CT molecular complexity index is 929. The average Bonchev–Trinajstić information content (AvgIpc) is 2.96. The number of urea groups is 1. The molecule has 3 N–H and O–H groups in total. The standard InChI is InChI=1S/C29H46N4O7/c1-3-5-9-23(25(35)26(36)30-22-12-10-21(11-13-22)20-24(34)40-4-2)31-27(37)29(14-7-6-8-15-29)32-28(38)33-16-18-39-19-17-33/h20,22-23H,3-19H2,1-2H3,(H,30,36)(H,31,37)(H,32,38). The fraction of sp³-hybridized carbons (Fsp3) is 0.759. The third-order valence-corrected chi connectivity index (χ3v) is 8.05. The predicted octanol–water partition coefficient (Wildman–Crippen LogP) is 2.52. The van der Waals surface area contributed by atoms with Crippen LogP contribution < -0.4 is 16.0 Å². The normalized spacial score (nSPS) is 21.5. The molecule has 0 radical (unpaired) electrons. The van der Waals surface area contributed by atoms with Crippen LogP contribution in [0.2, 0.25) is 0 Å². The number of hydrogen-bond acceptors (Lipinski definition) is 7. The Morgan fingerprint density at radius 1 is 1.05 bits per heavy atom. The van der Waals surface area contributed by atoms with Gasteiger partial charge >= 0.3 is 12.0 Å².